The van der Waals surface area contributed by atoms with Crippen LogP contribution < -0.4 is 0 Å². The van der Waals surface area contributed by atoms with Crippen molar-refractivity contribution < 1.29 is 9.47 Å². The van der Waals surface area contributed by atoms with Crippen LogP contribution in [0.4, 0.5) is 0 Å². The Hall–Kier alpha value is -0.640. The van der Waals surface area contributed by atoms with E-state index >= 15 is 0 Å². The summed E-state index contributed by atoms with van der Waals surface area (Å²) in [7, 11) is 0. The first-order chi connectivity index (χ1) is 7.37. The van der Waals surface area contributed by atoms with Crippen LogP contribution in [0.1, 0.15) is 18.4 Å². The highest BCUT2D eigenvalue weighted by molar-refractivity contribution is 6.17. The molecule has 2 rings (SSSR count). The van der Waals surface area contributed by atoms with Gasteiger partial charge in [0.25, 0.3) is 0 Å². The van der Waals surface area contributed by atoms with E-state index in [4.69, 9.17) is 21.1 Å². The third kappa shape index (κ3) is 2.30. The summed E-state index contributed by atoms with van der Waals surface area (Å²) in [5, 5.41) is 0. The molecule has 1 aliphatic rings. The number of nitrogens with zero attached hydrogens (tertiary/aromatic N) is 1. The van der Waals surface area contributed by atoms with Crippen molar-refractivity contribution in [1.82, 2.24) is 4.98 Å². The molecule has 0 aromatic carbocycles. The number of rotatable bonds is 4. The Morgan fingerprint density at radius 3 is 2.53 bits per heavy atom. The Labute approximate surface area is 94.4 Å². The maximum atomic E-state index is 5.72. The summed E-state index contributed by atoms with van der Waals surface area (Å²) in [6.07, 6.45) is 5.18. The second kappa shape index (κ2) is 4.92. The van der Waals surface area contributed by atoms with Gasteiger partial charge in [0, 0.05) is 30.3 Å². The Morgan fingerprint density at radius 2 is 1.93 bits per heavy atom. The molecule has 0 N–H and O–H groups in total. The highest BCUT2D eigenvalue weighted by atomic mass is 35.5. The van der Waals surface area contributed by atoms with E-state index < -0.39 is 5.79 Å². The minimum absolute atomic E-state index is 0.585. The van der Waals surface area contributed by atoms with Gasteiger partial charge in [0.2, 0.25) is 0 Å². The number of halogens is 1. The lowest BCUT2D eigenvalue weighted by atomic mass is 10.0. The van der Waals surface area contributed by atoms with Gasteiger partial charge in [0.15, 0.2) is 5.79 Å². The highest BCUT2D eigenvalue weighted by Crippen LogP contribution is 2.35. The molecule has 0 unspecified atom stereocenters. The first kappa shape index (κ1) is 10.9. The van der Waals surface area contributed by atoms with Gasteiger partial charge in [-0.1, -0.05) is 0 Å². The molecule has 1 aromatic rings. The van der Waals surface area contributed by atoms with Crippen molar-refractivity contribution in [1.29, 1.82) is 0 Å². The van der Waals surface area contributed by atoms with Crippen molar-refractivity contribution >= 4 is 11.6 Å². The first-order valence-electron chi connectivity index (χ1n) is 5.12. The van der Waals surface area contributed by atoms with Crippen molar-refractivity contribution in [2.24, 2.45) is 0 Å². The smallest absolute Gasteiger partial charge is 0.195 e. The molecule has 1 saturated heterocycles. The van der Waals surface area contributed by atoms with E-state index in [1.54, 1.807) is 12.4 Å². The lowest BCUT2D eigenvalue weighted by molar-refractivity contribution is -0.170. The lowest BCUT2D eigenvalue weighted by Gasteiger charge is -2.27. The van der Waals surface area contributed by atoms with Crippen LogP contribution in [0.25, 0.3) is 0 Å². The first-order valence-corrected chi connectivity index (χ1v) is 5.65. The standard InChI is InChI=1S/C11H14ClNO2/c12-5-1-4-11(14-8-9-15-11)10-2-6-13-7-3-10/h2-3,6-7H,1,4-5,8-9H2. The molecule has 0 aliphatic carbocycles. The third-order valence-electron chi connectivity index (χ3n) is 2.51. The molecular formula is C11H14ClNO2. The van der Waals surface area contributed by atoms with Crippen molar-refractivity contribution in [3.05, 3.63) is 30.1 Å². The monoisotopic (exact) mass is 227 g/mol. The molecule has 0 amide bonds. The third-order valence-corrected chi connectivity index (χ3v) is 2.78. The van der Waals surface area contributed by atoms with E-state index in [1.165, 1.54) is 0 Å². The van der Waals surface area contributed by atoms with E-state index in [0.29, 0.717) is 19.1 Å². The van der Waals surface area contributed by atoms with Gasteiger partial charge in [0.1, 0.15) is 0 Å². The molecule has 3 nitrogen and oxygen atoms in total. The lowest BCUT2D eigenvalue weighted by Crippen LogP contribution is -2.27. The summed E-state index contributed by atoms with van der Waals surface area (Å²) in [6, 6.07) is 3.86. The fraction of sp³-hybridized carbons (Fsp3) is 0.545. The van der Waals surface area contributed by atoms with Crippen LogP contribution in [0.3, 0.4) is 0 Å². The van der Waals surface area contributed by atoms with E-state index in [0.717, 1.165) is 18.4 Å². The zero-order chi connectivity index (χ0) is 10.6. The van der Waals surface area contributed by atoms with Crippen molar-refractivity contribution in [2.45, 2.75) is 18.6 Å². The second-order valence-corrected chi connectivity index (χ2v) is 3.86. The molecule has 0 bridgehead atoms. The summed E-state index contributed by atoms with van der Waals surface area (Å²) in [6.45, 7) is 1.29. The topological polar surface area (TPSA) is 31.4 Å². The van der Waals surface area contributed by atoms with Gasteiger partial charge in [-0.25, -0.2) is 0 Å². The zero-order valence-electron chi connectivity index (χ0n) is 8.49. The number of ether oxygens (including phenoxy) is 2. The zero-order valence-corrected chi connectivity index (χ0v) is 9.24. The molecule has 82 valence electrons. The highest BCUT2D eigenvalue weighted by Gasteiger charge is 2.37. The Kier molecular flexibility index (Phi) is 3.57. The van der Waals surface area contributed by atoms with Crippen LogP contribution >= 0.6 is 11.6 Å². The van der Waals surface area contributed by atoms with Crippen LogP contribution in [0.15, 0.2) is 24.5 Å². The van der Waals surface area contributed by atoms with E-state index in [9.17, 15) is 0 Å². The number of hydrogen-bond donors (Lipinski definition) is 0. The summed E-state index contributed by atoms with van der Waals surface area (Å²) >= 11 is 5.71. The average molecular weight is 228 g/mol. The van der Waals surface area contributed by atoms with Gasteiger partial charge in [-0.15, -0.1) is 11.6 Å². The second-order valence-electron chi connectivity index (χ2n) is 3.48. The minimum atomic E-state index is -0.585. The maximum Gasteiger partial charge on any atom is 0.195 e. The molecule has 2 heterocycles. The number of aromatic nitrogens is 1. The molecule has 1 aromatic heterocycles. The maximum absolute atomic E-state index is 5.72. The summed E-state index contributed by atoms with van der Waals surface area (Å²) in [5.41, 5.74) is 1.03. The van der Waals surface area contributed by atoms with Crippen LogP contribution in [-0.2, 0) is 15.3 Å². The van der Waals surface area contributed by atoms with Crippen molar-refractivity contribution in [3.8, 4) is 0 Å². The van der Waals surface area contributed by atoms with Crippen LogP contribution in [-0.4, -0.2) is 24.1 Å². The predicted molar refractivity (Wildman–Crippen MR) is 57.8 cm³/mol. The van der Waals surface area contributed by atoms with Gasteiger partial charge in [0.05, 0.1) is 13.2 Å². The summed E-state index contributed by atoms with van der Waals surface area (Å²) < 4.78 is 11.4. The molecule has 1 fully saturated rings. The number of alkyl halides is 1. The van der Waals surface area contributed by atoms with Gasteiger partial charge < -0.3 is 9.47 Å². The van der Waals surface area contributed by atoms with Crippen LogP contribution in [0.5, 0.6) is 0 Å². The molecule has 15 heavy (non-hydrogen) atoms. The van der Waals surface area contributed by atoms with Crippen molar-refractivity contribution in [2.75, 3.05) is 19.1 Å². The van der Waals surface area contributed by atoms with Gasteiger partial charge in [-0.2, -0.15) is 0 Å². The number of pyridine rings is 1. The number of hydrogen-bond acceptors (Lipinski definition) is 3. The molecule has 0 radical (unpaired) electrons. The van der Waals surface area contributed by atoms with E-state index in [1.807, 2.05) is 12.1 Å². The van der Waals surface area contributed by atoms with Gasteiger partial charge in [-0.3, -0.25) is 4.98 Å². The SMILES string of the molecule is ClCCCC1(c2ccncc2)OCCO1. The molecule has 1 aliphatic heterocycles. The Bertz CT molecular complexity index is 299. The Morgan fingerprint density at radius 1 is 1.27 bits per heavy atom. The predicted octanol–water partition coefficient (Wildman–Crippen LogP) is 2.30. The fourth-order valence-electron chi connectivity index (χ4n) is 1.82. The summed E-state index contributed by atoms with van der Waals surface area (Å²) in [5.74, 6) is 0.0391. The fourth-order valence-corrected chi connectivity index (χ4v) is 1.95. The van der Waals surface area contributed by atoms with Gasteiger partial charge in [-0.05, 0) is 18.6 Å². The van der Waals surface area contributed by atoms with Gasteiger partial charge >= 0.3 is 0 Å². The van der Waals surface area contributed by atoms with Crippen LogP contribution in [0, 0.1) is 0 Å². The minimum Gasteiger partial charge on any atom is -0.343 e. The summed E-state index contributed by atoms with van der Waals surface area (Å²) in [4.78, 5) is 3.99. The average Bonchev–Trinajstić information content (AvgIpc) is 2.78. The largest absolute Gasteiger partial charge is 0.343 e. The van der Waals surface area contributed by atoms with Crippen LogP contribution in [0.2, 0.25) is 0 Å². The molecular weight excluding hydrogens is 214 g/mol. The normalized spacial score (nSPS) is 19.3. The van der Waals surface area contributed by atoms with Crippen molar-refractivity contribution in [3.63, 3.8) is 0 Å². The molecule has 4 heteroatoms. The molecule has 0 spiro atoms. The molecule has 0 saturated carbocycles. The van der Waals surface area contributed by atoms with E-state index in [-0.39, 0.29) is 0 Å². The Balaban J connectivity index is 2.19. The molecule has 0 atom stereocenters. The quantitative estimate of drug-likeness (QED) is 0.740. The van der Waals surface area contributed by atoms with E-state index in [2.05, 4.69) is 4.98 Å².